The highest BCUT2D eigenvalue weighted by Gasteiger charge is 2.13. The summed E-state index contributed by atoms with van der Waals surface area (Å²) in [5.41, 5.74) is 0. The molecule has 0 aromatic heterocycles. The SMILES string of the molecule is POC1CNC1. The van der Waals surface area contributed by atoms with Gasteiger partial charge in [-0.2, -0.15) is 0 Å². The first kappa shape index (κ1) is 4.51. The number of hydrogen-bond acceptors (Lipinski definition) is 2. The van der Waals surface area contributed by atoms with Crippen LogP contribution in [0.2, 0.25) is 0 Å². The first-order valence-corrected chi connectivity index (χ1v) is 2.47. The standard InChI is InChI=1S/C3H8NOP/c6-5-3-1-4-2-3/h3-4H,1-2,6H2. The van der Waals surface area contributed by atoms with Crippen LogP contribution in [0.5, 0.6) is 0 Å². The minimum atomic E-state index is 0.468. The molecule has 0 aromatic rings. The fourth-order valence-corrected chi connectivity index (χ4v) is 0.551. The molecule has 1 aliphatic rings. The summed E-state index contributed by atoms with van der Waals surface area (Å²) < 4.78 is 4.84. The minimum Gasteiger partial charge on any atom is -0.360 e. The number of hydrogen-bond donors (Lipinski definition) is 1. The molecule has 0 aromatic carbocycles. The summed E-state index contributed by atoms with van der Waals surface area (Å²) in [6.07, 6.45) is 0.468. The van der Waals surface area contributed by atoms with Crippen LogP contribution in [-0.2, 0) is 4.52 Å². The molecular weight excluding hydrogens is 97.0 g/mol. The highest BCUT2D eigenvalue weighted by atomic mass is 31.0. The maximum Gasteiger partial charge on any atom is 0.0859 e. The third-order valence-corrected chi connectivity index (χ3v) is 1.32. The van der Waals surface area contributed by atoms with Crippen molar-refractivity contribution in [1.82, 2.24) is 5.32 Å². The normalized spacial score (nSPS) is 23.5. The van der Waals surface area contributed by atoms with Gasteiger partial charge in [0.1, 0.15) is 0 Å². The van der Waals surface area contributed by atoms with E-state index in [1.54, 1.807) is 0 Å². The lowest BCUT2D eigenvalue weighted by Gasteiger charge is -2.24. The molecule has 0 aliphatic carbocycles. The Hall–Kier alpha value is 0.350. The van der Waals surface area contributed by atoms with Gasteiger partial charge in [-0.25, -0.2) is 0 Å². The van der Waals surface area contributed by atoms with Gasteiger partial charge >= 0.3 is 0 Å². The van der Waals surface area contributed by atoms with Crippen molar-refractivity contribution in [1.29, 1.82) is 0 Å². The van der Waals surface area contributed by atoms with Crippen LogP contribution < -0.4 is 5.32 Å². The lowest BCUT2D eigenvalue weighted by molar-refractivity contribution is 0.170. The lowest BCUT2D eigenvalue weighted by Crippen LogP contribution is -2.46. The van der Waals surface area contributed by atoms with Gasteiger partial charge in [0.05, 0.1) is 6.10 Å². The summed E-state index contributed by atoms with van der Waals surface area (Å²) in [4.78, 5) is 0. The molecular formula is C3H8NOP. The molecule has 1 heterocycles. The predicted octanol–water partition coefficient (Wildman–Crippen LogP) is -0.235. The Morgan fingerprint density at radius 2 is 2.33 bits per heavy atom. The third kappa shape index (κ3) is 0.700. The van der Waals surface area contributed by atoms with Gasteiger partial charge in [-0.3, -0.25) is 0 Å². The molecule has 0 saturated carbocycles. The third-order valence-electron chi connectivity index (χ3n) is 0.936. The number of nitrogens with one attached hydrogen (secondary N) is 1. The smallest absolute Gasteiger partial charge is 0.0859 e. The zero-order chi connectivity index (χ0) is 4.41. The van der Waals surface area contributed by atoms with Crippen LogP contribution in [0, 0.1) is 0 Å². The molecule has 0 bridgehead atoms. The Bertz CT molecular complexity index is 43.3. The van der Waals surface area contributed by atoms with Crippen molar-refractivity contribution < 1.29 is 4.52 Å². The van der Waals surface area contributed by atoms with Gasteiger partial charge in [0.15, 0.2) is 0 Å². The lowest BCUT2D eigenvalue weighted by atomic mass is 10.2. The van der Waals surface area contributed by atoms with E-state index in [0.717, 1.165) is 13.1 Å². The first-order chi connectivity index (χ1) is 2.93. The molecule has 1 rings (SSSR count). The highest BCUT2D eigenvalue weighted by molar-refractivity contribution is 7.09. The van der Waals surface area contributed by atoms with E-state index in [4.69, 9.17) is 4.52 Å². The van der Waals surface area contributed by atoms with E-state index in [9.17, 15) is 0 Å². The summed E-state index contributed by atoms with van der Waals surface area (Å²) >= 11 is 0. The summed E-state index contributed by atoms with van der Waals surface area (Å²) in [7, 11) is 2.25. The van der Waals surface area contributed by atoms with Gasteiger partial charge in [0, 0.05) is 22.6 Å². The van der Waals surface area contributed by atoms with Crippen LogP contribution in [0.4, 0.5) is 0 Å². The van der Waals surface area contributed by atoms with E-state index in [1.807, 2.05) is 0 Å². The zero-order valence-electron chi connectivity index (χ0n) is 3.48. The van der Waals surface area contributed by atoms with E-state index in [0.29, 0.717) is 6.10 Å². The van der Waals surface area contributed by atoms with Gasteiger partial charge in [-0.15, -0.1) is 0 Å². The van der Waals surface area contributed by atoms with E-state index < -0.39 is 0 Å². The molecule has 0 amide bonds. The molecule has 1 unspecified atom stereocenters. The largest absolute Gasteiger partial charge is 0.360 e. The molecule has 3 heteroatoms. The van der Waals surface area contributed by atoms with E-state index in [2.05, 4.69) is 14.8 Å². The van der Waals surface area contributed by atoms with Crippen molar-refractivity contribution in [3.05, 3.63) is 0 Å². The fraction of sp³-hybridized carbons (Fsp3) is 1.00. The molecule has 1 aliphatic heterocycles. The molecule has 0 radical (unpaired) electrons. The Morgan fingerprint density at radius 1 is 1.67 bits per heavy atom. The molecule has 1 N–H and O–H groups in total. The van der Waals surface area contributed by atoms with Crippen molar-refractivity contribution in [3.63, 3.8) is 0 Å². The van der Waals surface area contributed by atoms with Crippen molar-refractivity contribution in [2.75, 3.05) is 13.1 Å². The Labute approximate surface area is 39.5 Å². The van der Waals surface area contributed by atoms with Gasteiger partial charge in [0.2, 0.25) is 0 Å². The van der Waals surface area contributed by atoms with E-state index >= 15 is 0 Å². The van der Waals surface area contributed by atoms with Gasteiger partial charge in [-0.05, 0) is 0 Å². The van der Waals surface area contributed by atoms with Crippen LogP contribution >= 0.6 is 9.47 Å². The van der Waals surface area contributed by atoms with Crippen LogP contribution in [0.1, 0.15) is 0 Å². The Kier molecular flexibility index (Phi) is 1.41. The van der Waals surface area contributed by atoms with Crippen molar-refractivity contribution in [2.24, 2.45) is 0 Å². The second-order valence-corrected chi connectivity index (χ2v) is 1.69. The summed E-state index contributed by atoms with van der Waals surface area (Å²) in [5, 5.41) is 3.07. The average molecular weight is 105 g/mol. The highest BCUT2D eigenvalue weighted by Crippen LogP contribution is 2.00. The van der Waals surface area contributed by atoms with Gasteiger partial charge < -0.3 is 9.84 Å². The monoisotopic (exact) mass is 105 g/mol. The van der Waals surface area contributed by atoms with Crippen LogP contribution in [0.15, 0.2) is 0 Å². The number of rotatable bonds is 1. The first-order valence-electron chi connectivity index (χ1n) is 2.00. The molecule has 6 heavy (non-hydrogen) atoms. The maximum absolute atomic E-state index is 4.84. The Balaban J connectivity index is 2.01. The van der Waals surface area contributed by atoms with Crippen LogP contribution in [0.3, 0.4) is 0 Å². The summed E-state index contributed by atoms with van der Waals surface area (Å²) in [6, 6.07) is 0. The molecule has 2 nitrogen and oxygen atoms in total. The van der Waals surface area contributed by atoms with Gasteiger partial charge in [-0.1, -0.05) is 0 Å². The molecule has 0 spiro atoms. The average Bonchev–Trinajstić information content (AvgIpc) is 1.31. The summed E-state index contributed by atoms with van der Waals surface area (Å²) in [5.74, 6) is 0. The quantitative estimate of drug-likeness (QED) is 0.465. The van der Waals surface area contributed by atoms with Crippen molar-refractivity contribution >= 4 is 9.47 Å². The molecule has 1 fully saturated rings. The van der Waals surface area contributed by atoms with E-state index in [-0.39, 0.29) is 0 Å². The van der Waals surface area contributed by atoms with Crippen LogP contribution in [0.25, 0.3) is 0 Å². The van der Waals surface area contributed by atoms with E-state index in [1.165, 1.54) is 0 Å². The van der Waals surface area contributed by atoms with Crippen molar-refractivity contribution in [2.45, 2.75) is 6.10 Å². The van der Waals surface area contributed by atoms with Crippen LogP contribution in [-0.4, -0.2) is 19.2 Å². The van der Waals surface area contributed by atoms with Crippen molar-refractivity contribution in [3.8, 4) is 0 Å². The molecule has 1 atom stereocenters. The topological polar surface area (TPSA) is 21.3 Å². The minimum absolute atomic E-state index is 0.468. The van der Waals surface area contributed by atoms with Gasteiger partial charge in [0.25, 0.3) is 0 Å². The summed E-state index contributed by atoms with van der Waals surface area (Å²) in [6.45, 7) is 2.03. The maximum atomic E-state index is 4.84. The zero-order valence-corrected chi connectivity index (χ0v) is 4.63. The fourth-order valence-electron chi connectivity index (χ4n) is 0.358. The molecule has 1 saturated heterocycles. The second-order valence-electron chi connectivity index (χ2n) is 1.42. The predicted molar refractivity (Wildman–Crippen MR) is 27.5 cm³/mol. The Morgan fingerprint density at radius 3 is 2.33 bits per heavy atom. The molecule has 36 valence electrons. The second kappa shape index (κ2) is 1.87.